The molecule has 0 bridgehead atoms. The molecule has 0 saturated carbocycles. The second-order valence-corrected chi connectivity index (χ2v) is 12.8. The molecule has 0 atom stereocenters. The van der Waals surface area contributed by atoms with E-state index in [1.165, 1.54) is 6.07 Å². The third-order valence-electron chi connectivity index (χ3n) is 9.95. The summed E-state index contributed by atoms with van der Waals surface area (Å²) in [5, 5.41) is 15.3. The summed E-state index contributed by atoms with van der Waals surface area (Å²) in [5.74, 6) is 0. The number of benzene rings is 7. The van der Waals surface area contributed by atoms with Crippen LogP contribution in [-0.2, 0) is 6.18 Å². The molecule has 0 N–H and O–H groups in total. The number of halogens is 3. The summed E-state index contributed by atoms with van der Waals surface area (Å²) in [4.78, 5) is 0. The number of nitriles is 1. The zero-order valence-corrected chi connectivity index (χ0v) is 26.7. The van der Waals surface area contributed by atoms with Crippen LogP contribution in [0.15, 0.2) is 150 Å². The van der Waals surface area contributed by atoms with Crippen molar-refractivity contribution in [3.05, 3.63) is 157 Å². The van der Waals surface area contributed by atoms with Crippen LogP contribution in [0.5, 0.6) is 0 Å². The molecule has 0 aliphatic carbocycles. The fourth-order valence-electron chi connectivity index (χ4n) is 7.66. The largest absolute Gasteiger partial charge is 0.456 e. The Bertz CT molecular complexity index is 3100. The van der Waals surface area contributed by atoms with Crippen molar-refractivity contribution in [2.24, 2.45) is 0 Å². The molecule has 51 heavy (non-hydrogen) atoms. The smallest absolute Gasteiger partial charge is 0.416 e. The molecule has 0 aliphatic heterocycles. The molecular formula is C44H24F3N3O. The Morgan fingerprint density at radius 3 is 1.76 bits per heavy atom. The number of hydrogen-bond acceptors (Lipinski definition) is 2. The van der Waals surface area contributed by atoms with Crippen molar-refractivity contribution in [3.8, 4) is 28.6 Å². The van der Waals surface area contributed by atoms with E-state index in [4.69, 9.17) is 4.42 Å². The second-order valence-electron chi connectivity index (χ2n) is 12.8. The summed E-state index contributed by atoms with van der Waals surface area (Å²) >= 11 is 0. The lowest BCUT2D eigenvalue weighted by atomic mass is 10.0. The number of alkyl halides is 3. The fourth-order valence-corrected chi connectivity index (χ4v) is 7.66. The molecule has 3 heterocycles. The van der Waals surface area contributed by atoms with Crippen LogP contribution < -0.4 is 0 Å². The molecule has 242 valence electrons. The average Bonchev–Trinajstić information content (AvgIpc) is 3.80. The van der Waals surface area contributed by atoms with Crippen LogP contribution in [0.25, 0.3) is 88.1 Å². The number of hydrogen-bond donors (Lipinski definition) is 0. The van der Waals surface area contributed by atoms with E-state index < -0.39 is 11.7 Å². The van der Waals surface area contributed by atoms with Gasteiger partial charge in [-0.2, -0.15) is 18.4 Å². The number of para-hydroxylation sites is 2. The summed E-state index contributed by atoms with van der Waals surface area (Å²) in [6, 6.07) is 49.0. The first-order valence-electron chi connectivity index (χ1n) is 16.5. The van der Waals surface area contributed by atoms with Gasteiger partial charge in [0.25, 0.3) is 0 Å². The van der Waals surface area contributed by atoms with Gasteiger partial charge in [0.1, 0.15) is 11.2 Å². The summed E-state index contributed by atoms with van der Waals surface area (Å²) in [6.45, 7) is 0. The van der Waals surface area contributed by atoms with Crippen LogP contribution in [0.3, 0.4) is 0 Å². The van der Waals surface area contributed by atoms with E-state index >= 15 is 0 Å². The van der Waals surface area contributed by atoms with Gasteiger partial charge in [-0.25, -0.2) is 0 Å². The van der Waals surface area contributed by atoms with Crippen molar-refractivity contribution >= 4 is 65.6 Å². The maximum absolute atomic E-state index is 13.4. The van der Waals surface area contributed by atoms with Gasteiger partial charge >= 0.3 is 6.18 Å². The molecule has 0 unspecified atom stereocenters. The van der Waals surface area contributed by atoms with Gasteiger partial charge in [0.05, 0.1) is 39.3 Å². The lowest BCUT2D eigenvalue weighted by Crippen LogP contribution is -2.03. The molecule has 0 radical (unpaired) electrons. The molecule has 0 amide bonds. The highest BCUT2D eigenvalue weighted by molar-refractivity contribution is 6.12. The SMILES string of the molecule is N#Cc1ccc2c(c1)c1ccccc1n2-c1cccc(-c2ccc3c(c2)c2ccccc2n3-c2ccc3c(c2)oc2cc(C(F)(F)F)ccc23)c1. The van der Waals surface area contributed by atoms with E-state index in [1.807, 2.05) is 60.7 Å². The van der Waals surface area contributed by atoms with Crippen molar-refractivity contribution in [3.63, 3.8) is 0 Å². The average molecular weight is 668 g/mol. The lowest BCUT2D eigenvalue weighted by molar-refractivity contribution is -0.137. The van der Waals surface area contributed by atoms with Crippen molar-refractivity contribution in [2.45, 2.75) is 6.18 Å². The third kappa shape index (κ3) is 4.40. The number of fused-ring (bicyclic) bond motifs is 9. The standard InChI is InChI=1S/C44H24F3N3O/c45-44(46,47)29-14-16-34-35-17-15-31(24-43(35)51-42(34)23-29)50-39-11-4-2-9-33(39)37-22-28(13-19-41(37)50)27-6-5-7-30(21-27)49-38-10-3-1-8-32(38)36-20-26(25-48)12-18-40(36)49/h1-24H. The van der Waals surface area contributed by atoms with Crippen molar-refractivity contribution < 1.29 is 17.6 Å². The highest BCUT2D eigenvalue weighted by Crippen LogP contribution is 2.40. The second kappa shape index (κ2) is 10.6. The van der Waals surface area contributed by atoms with Gasteiger partial charge in [-0.15, -0.1) is 0 Å². The van der Waals surface area contributed by atoms with E-state index in [0.717, 1.165) is 83.6 Å². The molecule has 10 rings (SSSR count). The molecule has 10 aromatic rings. The monoisotopic (exact) mass is 667 g/mol. The normalized spacial score (nSPS) is 12.2. The van der Waals surface area contributed by atoms with Crippen molar-refractivity contribution in [2.75, 3.05) is 0 Å². The third-order valence-corrected chi connectivity index (χ3v) is 9.95. The first-order valence-corrected chi connectivity index (χ1v) is 16.5. The molecule has 3 aromatic heterocycles. The molecule has 0 saturated heterocycles. The molecular weight excluding hydrogens is 643 g/mol. The minimum absolute atomic E-state index is 0.207. The predicted octanol–water partition coefficient (Wildman–Crippen LogP) is 12.3. The highest BCUT2D eigenvalue weighted by Gasteiger charge is 2.31. The van der Waals surface area contributed by atoms with E-state index in [0.29, 0.717) is 16.5 Å². The Labute approximate surface area is 288 Å². The maximum Gasteiger partial charge on any atom is 0.416 e. The van der Waals surface area contributed by atoms with Crippen LogP contribution in [0, 0.1) is 11.3 Å². The number of aromatic nitrogens is 2. The number of rotatable bonds is 3. The Morgan fingerprint density at radius 1 is 0.471 bits per heavy atom. The highest BCUT2D eigenvalue weighted by atomic mass is 19.4. The first-order chi connectivity index (χ1) is 24.9. The van der Waals surface area contributed by atoms with Gasteiger partial charge in [0.2, 0.25) is 0 Å². The van der Waals surface area contributed by atoms with Crippen LogP contribution in [0.1, 0.15) is 11.1 Å². The number of nitrogens with zero attached hydrogens (tertiary/aromatic N) is 3. The van der Waals surface area contributed by atoms with E-state index in [-0.39, 0.29) is 5.58 Å². The van der Waals surface area contributed by atoms with E-state index in [1.54, 1.807) is 0 Å². The van der Waals surface area contributed by atoms with E-state index in [2.05, 4.69) is 81.9 Å². The topological polar surface area (TPSA) is 46.8 Å². The summed E-state index contributed by atoms with van der Waals surface area (Å²) in [7, 11) is 0. The van der Waals surface area contributed by atoms with Crippen LogP contribution in [0.4, 0.5) is 13.2 Å². The molecule has 0 aliphatic rings. The minimum Gasteiger partial charge on any atom is -0.456 e. The quantitative estimate of drug-likeness (QED) is 0.188. The summed E-state index contributed by atoms with van der Waals surface area (Å²) < 4.78 is 50.7. The Balaban J connectivity index is 1.12. The molecule has 7 heteroatoms. The van der Waals surface area contributed by atoms with Gasteiger partial charge in [-0.1, -0.05) is 54.6 Å². The zero-order valence-electron chi connectivity index (χ0n) is 26.7. The summed E-state index contributed by atoms with van der Waals surface area (Å²) in [5.41, 5.74) is 8.74. The van der Waals surface area contributed by atoms with Gasteiger partial charge in [0.15, 0.2) is 0 Å². The van der Waals surface area contributed by atoms with Crippen LogP contribution in [-0.4, -0.2) is 9.13 Å². The van der Waals surface area contributed by atoms with Crippen LogP contribution >= 0.6 is 0 Å². The molecule has 0 spiro atoms. The first kappa shape index (κ1) is 29.2. The maximum atomic E-state index is 13.4. The summed E-state index contributed by atoms with van der Waals surface area (Å²) in [6.07, 6.45) is -4.45. The lowest BCUT2D eigenvalue weighted by Gasteiger charge is -2.11. The number of furan rings is 1. The zero-order chi connectivity index (χ0) is 34.4. The van der Waals surface area contributed by atoms with Gasteiger partial charge in [0, 0.05) is 49.8 Å². The van der Waals surface area contributed by atoms with Gasteiger partial charge in [-0.3, -0.25) is 0 Å². The molecule has 7 aromatic carbocycles. The van der Waals surface area contributed by atoms with Gasteiger partial charge in [-0.05, 0) is 96.1 Å². The molecule has 0 fully saturated rings. The predicted molar refractivity (Wildman–Crippen MR) is 198 cm³/mol. The minimum atomic E-state index is -4.45. The Hall–Kier alpha value is -6.78. The fraction of sp³-hybridized carbons (Fsp3) is 0.0227. The van der Waals surface area contributed by atoms with E-state index in [9.17, 15) is 18.4 Å². The molecule has 4 nitrogen and oxygen atoms in total. The van der Waals surface area contributed by atoms with Gasteiger partial charge < -0.3 is 13.6 Å². The van der Waals surface area contributed by atoms with Crippen molar-refractivity contribution in [1.82, 2.24) is 9.13 Å². The van der Waals surface area contributed by atoms with Crippen molar-refractivity contribution in [1.29, 1.82) is 5.26 Å². The van der Waals surface area contributed by atoms with Crippen LogP contribution in [0.2, 0.25) is 0 Å². The Morgan fingerprint density at radius 2 is 1.06 bits per heavy atom. The Kier molecular flexibility index (Phi) is 6.07.